The summed E-state index contributed by atoms with van der Waals surface area (Å²) in [5.41, 5.74) is 1.21. The molecule has 3 aliphatic rings. The Morgan fingerprint density at radius 3 is 2.47 bits per heavy atom. The van der Waals surface area contributed by atoms with Crippen LogP contribution in [0.1, 0.15) is 45.4 Å². The molecule has 0 radical (unpaired) electrons. The Balaban J connectivity index is 0.00000289. The maximum Gasteiger partial charge on any atom is 0.246 e. The van der Waals surface area contributed by atoms with Gasteiger partial charge in [-0.2, -0.15) is 0 Å². The number of ether oxygens (including phenoxy) is 1. The predicted molar refractivity (Wildman–Crippen MR) is 129 cm³/mol. The molecule has 0 spiro atoms. The van der Waals surface area contributed by atoms with Gasteiger partial charge in [0.05, 0.1) is 24.3 Å². The topological polar surface area (TPSA) is 65.1 Å². The summed E-state index contributed by atoms with van der Waals surface area (Å²) in [6, 6.07) is 8.10. The van der Waals surface area contributed by atoms with Crippen LogP contribution in [0.5, 0.6) is 5.75 Å². The van der Waals surface area contributed by atoms with Gasteiger partial charge in [-0.25, -0.2) is 0 Å². The third kappa shape index (κ3) is 5.94. The van der Waals surface area contributed by atoms with E-state index in [1.54, 1.807) is 0 Å². The van der Waals surface area contributed by atoms with E-state index in [1.807, 2.05) is 6.92 Å². The number of likely N-dealkylation sites (tertiary alicyclic amines) is 1. The molecule has 0 bridgehead atoms. The highest BCUT2D eigenvalue weighted by Gasteiger charge is 2.37. The molecule has 1 aromatic carbocycles. The zero-order chi connectivity index (χ0) is 21.6. The van der Waals surface area contributed by atoms with Gasteiger partial charge in [0.1, 0.15) is 5.75 Å². The standard InChI is InChI=1S/C24H36N4O3.ClH/c1-2-25-20-18-23(29)28(24(20)30)13-7-12-26-14-16-27(17-15-26)21-10-5-6-11-22(21)31-19-8-3-4-9-19;/h5-6,10-11,19-20,25H,2-4,7-9,12-18H2,1H3;1H. The molecule has 8 heteroatoms. The molecule has 0 aromatic heterocycles. The van der Waals surface area contributed by atoms with Crippen molar-refractivity contribution in [2.45, 2.75) is 57.6 Å². The number of hydrogen-bond acceptors (Lipinski definition) is 6. The fourth-order valence-electron chi connectivity index (χ4n) is 4.99. The minimum atomic E-state index is -0.326. The predicted octanol–water partition coefficient (Wildman–Crippen LogP) is 2.68. The summed E-state index contributed by atoms with van der Waals surface area (Å²) in [6.07, 6.45) is 6.38. The lowest BCUT2D eigenvalue weighted by Crippen LogP contribution is -2.47. The number of carbonyl (C=O) groups excluding carboxylic acids is 2. The summed E-state index contributed by atoms with van der Waals surface area (Å²) in [7, 11) is 0. The van der Waals surface area contributed by atoms with E-state index in [-0.39, 0.29) is 30.3 Å². The molecule has 7 nitrogen and oxygen atoms in total. The maximum absolute atomic E-state index is 12.4. The van der Waals surface area contributed by atoms with Crippen LogP contribution in [0.2, 0.25) is 0 Å². The molecule has 3 fully saturated rings. The van der Waals surface area contributed by atoms with Crippen molar-refractivity contribution in [1.82, 2.24) is 15.1 Å². The number of carbonyl (C=O) groups is 2. The summed E-state index contributed by atoms with van der Waals surface area (Å²) in [6.45, 7) is 8.01. The van der Waals surface area contributed by atoms with Gasteiger partial charge >= 0.3 is 0 Å². The zero-order valence-electron chi connectivity index (χ0n) is 19.1. The van der Waals surface area contributed by atoms with E-state index in [1.165, 1.54) is 36.3 Å². The third-order valence-corrected chi connectivity index (χ3v) is 6.72. The number of amides is 2. The van der Waals surface area contributed by atoms with Crippen molar-refractivity contribution in [1.29, 1.82) is 0 Å². The quantitative estimate of drug-likeness (QED) is 0.567. The van der Waals surface area contributed by atoms with Gasteiger partial charge in [0.2, 0.25) is 11.8 Å². The van der Waals surface area contributed by atoms with Crippen molar-refractivity contribution in [3.63, 3.8) is 0 Å². The number of rotatable bonds is 9. The van der Waals surface area contributed by atoms with Gasteiger partial charge in [-0.05, 0) is 57.3 Å². The summed E-state index contributed by atoms with van der Waals surface area (Å²) in [4.78, 5) is 30.8. The number of benzene rings is 1. The van der Waals surface area contributed by atoms with Gasteiger partial charge in [-0.3, -0.25) is 19.4 Å². The van der Waals surface area contributed by atoms with Crippen molar-refractivity contribution in [3.8, 4) is 5.75 Å². The molecular weight excluding hydrogens is 428 g/mol. The van der Waals surface area contributed by atoms with Gasteiger partial charge in [0, 0.05) is 32.7 Å². The molecule has 32 heavy (non-hydrogen) atoms. The molecule has 1 aliphatic carbocycles. The molecule has 2 amide bonds. The number of nitrogens with zero attached hydrogens (tertiary/aromatic N) is 3. The van der Waals surface area contributed by atoms with Crippen molar-refractivity contribution in [3.05, 3.63) is 24.3 Å². The summed E-state index contributed by atoms with van der Waals surface area (Å²) < 4.78 is 6.32. The Kier molecular flexibility index (Phi) is 9.20. The van der Waals surface area contributed by atoms with E-state index in [0.29, 0.717) is 25.6 Å². The van der Waals surface area contributed by atoms with Crippen LogP contribution in [-0.4, -0.2) is 79.6 Å². The summed E-state index contributed by atoms with van der Waals surface area (Å²) >= 11 is 0. The Labute approximate surface area is 197 Å². The third-order valence-electron chi connectivity index (χ3n) is 6.72. The average Bonchev–Trinajstić information content (AvgIpc) is 3.38. The van der Waals surface area contributed by atoms with Gasteiger partial charge < -0.3 is 15.0 Å². The number of hydrogen-bond donors (Lipinski definition) is 1. The van der Waals surface area contributed by atoms with Gasteiger partial charge in [0.15, 0.2) is 0 Å². The van der Waals surface area contributed by atoms with Crippen molar-refractivity contribution < 1.29 is 14.3 Å². The molecule has 1 unspecified atom stereocenters. The Morgan fingerprint density at radius 1 is 1.03 bits per heavy atom. The second kappa shape index (κ2) is 11.9. The van der Waals surface area contributed by atoms with Crippen LogP contribution in [0.25, 0.3) is 0 Å². The van der Waals surface area contributed by atoms with E-state index < -0.39 is 0 Å². The summed E-state index contributed by atoms with van der Waals surface area (Å²) in [5, 5.41) is 3.10. The molecular formula is C24H37ClN4O3. The van der Waals surface area contributed by atoms with Crippen molar-refractivity contribution >= 4 is 29.9 Å². The Morgan fingerprint density at radius 2 is 1.75 bits per heavy atom. The minimum Gasteiger partial charge on any atom is -0.488 e. The van der Waals surface area contributed by atoms with E-state index in [4.69, 9.17) is 4.74 Å². The second-order valence-electron chi connectivity index (χ2n) is 8.87. The number of nitrogens with one attached hydrogen (secondary N) is 1. The first kappa shape index (κ1) is 24.8. The highest BCUT2D eigenvalue weighted by Crippen LogP contribution is 2.32. The monoisotopic (exact) mass is 464 g/mol. The number of likely N-dealkylation sites (N-methyl/N-ethyl adjacent to an activating group) is 1. The van der Waals surface area contributed by atoms with Crippen LogP contribution in [0.4, 0.5) is 5.69 Å². The van der Waals surface area contributed by atoms with Crippen LogP contribution in [0, 0.1) is 0 Å². The highest BCUT2D eigenvalue weighted by atomic mass is 35.5. The molecule has 2 aliphatic heterocycles. The SMILES string of the molecule is CCNC1CC(=O)N(CCCN2CCN(c3ccccc3OC3CCCC3)CC2)C1=O.Cl. The number of para-hydroxylation sites is 2. The molecule has 1 aromatic rings. The minimum absolute atomic E-state index is 0. The van der Waals surface area contributed by atoms with Crippen LogP contribution >= 0.6 is 12.4 Å². The van der Waals surface area contributed by atoms with E-state index >= 15 is 0 Å². The first-order valence-electron chi connectivity index (χ1n) is 12.0. The fourth-order valence-corrected chi connectivity index (χ4v) is 4.99. The fraction of sp³-hybridized carbons (Fsp3) is 0.667. The lowest BCUT2D eigenvalue weighted by atomic mass is 10.2. The average molecular weight is 465 g/mol. The van der Waals surface area contributed by atoms with Gasteiger partial charge in [-0.15, -0.1) is 12.4 Å². The smallest absolute Gasteiger partial charge is 0.246 e. The second-order valence-corrected chi connectivity index (χ2v) is 8.87. The van der Waals surface area contributed by atoms with Crippen LogP contribution in [0.3, 0.4) is 0 Å². The summed E-state index contributed by atoms with van der Waals surface area (Å²) in [5.74, 6) is 0.916. The molecule has 4 rings (SSSR count). The zero-order valence-corrected chi connectivity index (χ0v) is 19.9. The number of halogens is 1. The number of piperazine rings is 1. The van der Waals surface area contributed by atoms with Crippen LogP contribution in [0.15, 0.2) is 24.3 Å². The van der Waals surface area contributed by atoms with E-state index in [2.05, 4.69) is 39.4 Å². The molecule has 2 heterocycles. The van der Waals surface area contributed by atoms with Crippen LogP contribution in [-0.2, 0) is 9.59 Å². The lowest BCUT2D eigenvalue weighted by Gasteiger charge is -2.37. The maximum atomic E-state index is 12.4. The van der Waals surface area contributed by atoms with E-state index in [0.717, 1.165) is 44.9 Å². The van der Waals surface area contributed by atoms with E-state index in [9.17, 15) is 9.59 Å². The van der Waals surface area contributed by atoms with Crippen molar-refractivity contribution in [2.24, 2.45) is 0 Å². The number of imide groups is 1. The van der Waals surface area contributed by atoms with Gasteiger partial charge in [0.25, 0.3) is 0 Å². The molecule has 178 valence electrons. The van der Waals surface area contributed by atoms with Gasteiger partial charge in [-0.1, -0.05) is 19.1 Å². The molecule has 2 saturated heterocycles. The largest absolute Gasteiger partial charge is 0.488 e. The van der Waals surface area contributed by atoms with Crippen molar-refractivity contribution in [2.75, 3.05) is 50.7 Å². The number of anilines is 1. The Hall–Kier alpha value is -1.83. The lowest BCUT2D eigenvalue weighted by molar-refractivity contribution is -0.138. The molecule has 1 N–H and O–H groups in total. The first-order chi connectivity index (χ1) is 15.2. The highest BCUT2D eigenvalue weighted by molar-refractivity contribution is 6.05. The first-order valence-corrected chi connectivity index (χ1v) is 12.0. The van der Waals surface area contributed by atoms with Crippen LogP contribution < -0.4 is 15.0 Å². The molecule has 1 saturated carbocycles. The molecule has 1 atom stereocenters. The normalized spacial score (nSPS) is 22.5. The Bertz CT molecular complexity index is 763.